The summed E-state index contributed by atoms with van der Waals surface area (Å²) < 4.78 is 11.0. The summed E-state index contributed by atoms with van der Waals surface area (Å²) in [5.74, 6) is -1.84. The number of anilines is 1. The number of benzene rings is 6. The lowest BCUT2D eigenvalue weighted by molar-refractivity contribution is 0.0601. The third-order valence-corrected chi connectivity index (χ3v) is 11.8. The molecule has 0 saturated heterocycles. The second-order valence-corrected chi connectivity index (χ2v) is 15.3. The average Bonchev–Trinajstić information content (AvgIpc) is 3.22. The highest BCUT2D eigenvalue weighted by atomic mass is 32.1. The number of phenols is 1. The van der Waals surface area contributed by atoms with Gasteiger partial charge in [0.2, 0.25) is 0 Å². The molecule has 2 aliphatic rings. The first-order valence-electron chi connectivity index (χ1n) is 17.6. The molecule has 0 radical (unpaired) electrons. The third-order valence-electron chi connectivity index (χ3n) is 9.09. The summed E-state index contributed by atoms with van der Waals surface area (Å²) in [6.45, 7) is 0.440. The van der Waals surface area contributed by atoms with Crippen molar-refractivity contribution in [3.8, 4) is 28.2 Å². The molecule has 0 atom stereocenters. The molecular formula is C44H34N3O8PS. The number of hydrogen-bond acceptors (Lipinski definition) is 8. The van der Waals surface area contributed by atoms with Crippen LogP contribution in [0.4, 0.5) is 5.69 Å². The zero-order chi connectivity index (χ0) is 40.1. The smallest absolute Gasteiger partial charge is 0.338 e. The molecule has 284 valence electrons. The lowest BCUT2D eigenvalue weighted by Gasteiger charge is -2.22. The first-order valence-corrected chi connectivity index (χ1v) is 19.4. The van der Waals surface area contributed by atoms with Crippen LogP contribution in [0.1, 0.15) is 31.1 Å². The van der Waals surface area contributed by atoms with Gasteiger partial charge in [-0.25, -0.2) is 9.59 Å². The van der Waals surface area contributed by atoms with Gasteiger partial charge in [0.05, 0.1) is 18.2 Å². The molecular weight excluding hydrogens is 762 g/mol. The minimum Gasteiger partial charge on any atom is -0.508 e. The molecule has 0 fully saturated rings. The van der Waals surface area contributed by atoms with E-state index in [1.54, 1.807) is 42.5 Å². The van der Waals surface area contributed by atoms with Crippen LogP contribution < -0.4 is 37.3 Å². The summed E-state index contributed by atoms with van der Waals surface area (Å²) in [7, 11) is 0.114. The number of aromatic carboxylic acids is 1. The second kappa shape index (κ2) is 16.9. The lowest BCUT2D eigenvalue weighted by atomic mass is 9.90. The van der Waals surface area contributed by atoms with E-state index >= 15 is 0 Å². The van der Waals surface area contributed by atoms with Crippen molar-refractivity contribution in [1.82, 2.24) is 10.6 Å². The van der Waals surface area contributed by atoms with Crippen LogP contribution in [0.2, 0.25) is 0 Å². The van der Waals surface area contributed by atoms with Crippen molar-refractivity contribution in [1.29, 1.82) is 0 Å². The Labute approximate surface area is 333 Å². The van der Waals surface area contributed by atoms with Crippen molar-refractivity contribution in [2.45, 2.75) is 0 Å². The Kier molecular flexibility index (Phi) is 11.4. The maximum atomic E-state index is 13.4. The maximum Gasteiger partial charge on any atom is 0.338 e. The highest BCUT2D eigenvalue weighted by Crippen LogP contribution is 2.42. The van der Waals surface area contributed by atoms with Crippen LogP contribution >= 0.6 is 20.1 Å². The topological polar surface area (TPSA) is 167 Å². The summed E-state index contributed by atoms with van der Waals surface area (Å²) >= 11 is 5.49. The van der Waals surface area contributed by atoms with E-state index in [1.807, 2.05) is 60.7 Å². The summed E-state index contributed by atoms with van der Waals surface area (Å²) in [4.78, 5) is 51.2. The van der Waals surface area contributed by atoms with Gasteiger partial charge in [-0.05, 0) is 90.9 Å². The molecule has 7 rings (SSSR count). The van der Waals surface area contributed by atoms with Crippen LogP contribution in [0.3, 0.4) is 0 Å². The molecule has 57 heavy (non-hydrogen) atoms. The van der Waals surface area contributed by atoms with Crippen molar-refractivity contribution < 1.29 is 33.8 Å². The fourth-order valence-electron chi connectivity index (χ4n) is 6.52. The highest BCUT2D eigenvalue weighted by molar-refractivity contribution is 7.80. The van der Waals surface area contributed by atoms with E-state index in [1.165, 1.54) is 37.4 Å². The predicted octanol–water partition coefficient (Wildman–Crippen LogP) is 6.23. The molecule has 0 bridgehead atoms. The Morgan fingerprint density at radius 1 is 0.754 bits per heavy atom. The van der Waals surface area contributed by atoms with Crippen molar-refractivity contribution in [3.05, 3.63) is 160 Å². The summed E-state index contributed by atoms with van der Waals surface area (Å²) in [6, 6.07) is 38.2. The Bertz CT molecular complexity index is 2650. The normalized spacial score (nSPS) is 11.0. The number of hydrogen-bond donors (Lipinski definition) is 5. The first kappa shape index (κ1) is 38.4. The number of ether oxygens (including phenoxy) is 1. The Hall–Kier alpha value is -6.88. The molecule has 0 saturated carbocycles. The van der Waals surface area contributed by atoms with Gasteiger partial charge >= 0.3 is 11.9 Å². The molecule has 0 unspecified atom stereocenters. The van der Waals surface area contributed by atoms with Gasteiger partial charge in [-0.2, -0.15) is 0 Å². The Morgan fingerprint density at radius 3 is 2.12 bits per heavy atom. The number of amides is 1. The number of carboxylic acid groups (broad SMARTS) is 1. The zero-order valence-corrected chi connectivity index (χ0v) is 32.0. The quantitative estimate of drug-likeness (QED) is 0.0331. The minimum absolute atomic E-state index is 0.0380. The average molecular weight is 796 g/mol. The standard InChI is InChI=1S/C44H34N3O8PS/c1-54-43(53)35-16-12-26(22-39(35)56(30-8-4-2-5-9-30)31-10-6-3-7-11-31)41(50)45-20-21-46-44(57)47-27-13-17-32(36(23-27)42(51)52)40-33-18-14-28(48)24-37(33)55-38-25-29(49)15-19-34(38)40/h2-19,22-25,48H,20-21H2,1H3,(H,45,50)(H,51,52)(H2,46,47,57). The fraction of sp³-hybridized carbons (Fsp3) is 0.0682. The van der Waals surface area contributed by atoms with Gasteiger partial charge in [-0.1, -0.05) is 66.7 Å². The van der Waals surface area contributed by atoms with Crippen LogP contribution in [0.15, 0.2) is 143 Å². The second-order valence-electron chi connectivity index (χ2n) is 12.7. The van der Waals surface area contributed by atoms with Crippen LogP contribution in [-0.2, 0) is 4.74 Å². The zero-order valence-electron chi connectivity index (χ0n) is 30.3. The van der Waals surface area contributed by atoms with E-state index in [9.17, 15) is 29.4 Å². The number of thiocarbonyl (C=S) groups is 1. The molecule has 5 aromatic rings. The highest BCUT2D eigenvalue weighted by Gasteiger charge is 2.25. The van der Waals surface area contributed by atoms with Crippen LogP contribution in [-0.4, -0.2) is 53.4 Å². The number of esters is 1. The van der Waals surface area contributed by atoms with E-state index in [2.05, 4.69) is 16.0 Å². The van der Waals surface area contributed by atoms with Crippen molar-refractivity contribution in [2.75, 3.05) is 25.5 Å². The molecule has 5 N–H and O–H groups in total. The molecule has 13 heteroatoms. The lowest BCUT2D eigenvalue weighted by Crippen LogP contribution is -2.37. The third kappa shape index (κ3) is 8.37. The molecule has 1 amide bonds. The van der Waals surface area contributed by atoms with Gasteiger partial charge in [-0.3, -0.25) is 9.59 Å². The number of methoxy groups -OCH3 is 1. The summed E-state index contributed by atoms with van der Waals surface area (Å²) in [5.41, 5.74) is 2.53. The van der Waals surface area contributed by atoms with Gasteiger partial charge in [-0.15, -0.1) is 0 Å². The number of fused-ring (bicyclic) bond motifs is 2. The number of carbonyl (C=O) groups excluding carboxylic acids is 2. The number of phenolic OH excluding ortho intramolecular Hbond substituents is 1. The SMILES string of the molecule is COC(=O)c1ccc(C(=O)NCCNC(=S)Nc2ccc(-c3c4ccc(=O)cc-4oc4cc(O)ccc34)c(C(=O)O)c2)cc1P(c1ccccc1)c1ccccc1. The monoisotopic (exact) mass is 795 g/mol. The van der Waals surface area contributed by atoms with Crippen LogP contribution in [0.5, 0.6) is 5.75 Å². The van der Waals surface area contributed by atoms with Gasteiger partial charge in [0.15, 0.2) is 10.5 Å². The number of carboxylic acids is 1. The number of rotatable bonds is 11. The van der Waals surface area contributed by atoms with Crippen molar-refractivity contribution >= 4 is 75.7 Å². The van der Waals surface area contributed by atoms with Crippen LogP contribution in [0, 0.1) is 0 Å². The number of aromatic hydroxyl groups is 1. The van der Waals surface area contributed by atoms with Crippen molar-refractivity contribution in [2.24, 2.45) is 0 Å². The van der Waals surface area contributed by atoms with Gasteiger partial charge in [0.1, 0.15) is 17.1 Å². The summed E-state index contributed by atoms with van der Waals surface area (Å²) in [6.07, 6.45) is 0. The summed E-state index contributed by atoms with van der Waals surface area (Å²) in [5, 5.41) is 32.8. The number of nitrogens with one attached hydrogen (secondary N) is 3. The Morgan fingerprint density at radius 2 is 1.44 bits per heavy atom. The molecule has 1 heterocycles. The molecule has 1 aliphatic carbocycles. The van der Waals surface area contributed by atoms with Gasteiger partial charge < -0.3 is 35.3 Å². The van der Waals surface area contributed by atoms with E-state index in [4.69, 9.17) is 21.4 Å². The van der Waals surface area contributed by atoms with E-state index in [0.717, 1.165) is 10.6 Å². The minimum atomic E-state index is -1.22. The van der Waals surface area contributed by atoms with Crippen LogP contribution in [0.25, 0.3) is 33.4 Å². The first-order chi connectivity index (χ1) is 27.6. The fourth-order valence-corrected chi connectivity index (χ4v) is 9.21. The maximum absolute atomic E-state index is 13.4. The molecule has 0 spiro atoms. The van der Waals surface area contributed by atoms with E-state index < -0.39 is 19.9 Å². The number of carbonyl (C=O) groups is 3. The van der Waals surface area contributed by atoms with E-state index in [-0.39, 0.29) is 52.2 Å². The van der Waals surface area contributed by atoms with Crippen molar-refractivity contribution in [3.63, 3.8) is 0 Å². The predicted molar refractivity (Wildman–Crippen MR) is 226 cm³/mol. The largest absolute Gasteiger partial charge is 0.508 e. The van der Waals surface area contributed by atoms with Gasteiger partial charge in [0, 0.05) is 58.3 Å². The van der Waals surface area contributed by atoms with Gasteiger partial charge in [0.25, 0.3) is 5.91 Å². The molecule has 11 nitrogen and oxygen atoms in total. The van der Waals surface area contributed by atoms with E-state index in [0.29, 0.717) is 44.2 Å². The molecule has 1 aliphatic heterocycles. The molecule has 0 aromatic heterocycles. The molecule has 5 aromatic carbocycles. The Balaban J connectivity index is 1.06.